The van der Waals surface area contributed by atoms with E-state index < -0.39 is 0 Å². The van der Waals surface area contributed by atoms with Gasteiger partial charge in [-0.3, -0.25) is 0 Å². The Labute approximate surface area is 139 Å². The van der Waals surface area contributed by atoms with Gasteiger partial charge >= 0.3 is 0 Å². The molecule has 4 heteroatoms. The summed E-state index contributed by atoms with van der Waals surface area (Å²) < 4.78 is 1.31. The minimum Gasteiger partial charge on any atom is -0.506 e. The van der Waals surface area contributed by atoms with Crippen LogP contribution in [0.25, 0.3) is 23.1 Å². The highest BCUT2D eigenvalue weighted by Gasteiger charge is 2.04. The van der Waals surface area contributed by atoms with Gasteiger partial charge in [0, 0.05) is 5.39 Å². The fourth-order valence-electron chi connectivity index (χ4n) is 2.04. The summed E-state index contributed by atoms with van der Waals surface area (Å²) in [6, 6.07) is 15.8. The van der Waals surface area contributed by atoms with Crippen LogP contribution in [0.15, 0.2) is 57.5 Å². The molecule has 1 heterocycles. The smallest absolute Gasteiger partial charge is 0.143 e. The second-order valence-corrected chi connectivity index (χ2v) is 6.30. The van der Waals surface area contributed by atoms with E-state index in [-0.39, 0.29) is 5.75 Å². The molecular weight excluding hydrogens is 394 g/mol. The van der Waals surface area contributed by atoms with Crippen molar-refractivity contribution in [3.63, 3.8) is 0 Å². The van der Waals surface area contributed by atoms with E-state index in [9.17, 15) is 5.11 Å². The largest absolute Gasteiger partial charge is 0.506 e. The minimum absolute atomic E-state index is 0.205. The molecule has 2 aromatic carbocycles. The first kappa shape index (κ1) is 14.3. The Bertz CT molecular complexity index is 820. The molecule has 0 atom stereocenters. The van der Waals surface area contributed by atoms with E-state index in [1.165, 1.54) is 0 Å². The number of aromatic hydroxyl groups is 1. The summed E-state index contributed by atoms with van der Waals surface area (Å²) in [5, 5.41) is 10.8. The normalized spacial score (nSPS) is 11.3. The summed E-state index contributed by atoms with van der Waals surface area (Å²) in [6.07, 6.45) is 3.92. The summed E-state index contributed by atoms with van der Waals surface area (Å²) in [6.45, 7) is 0. The van der Waals surface area contributed by atoms with Crippen LogP contribution in [0.3, 0.4) is 0 Å². The molecule has 0 amide bonds. The van der Waals surface area contributed by atoms with Gasteiger partial charge in [0.1, 0.15) is 5.75 Å². The van der Waals surface area contributed by atoms with E-state index in [4.69, 9.17) is 0 Å². The number of fused-ring (bicyclic) bond motifs is 1. The van der Waals surface area contributed by atoms with Gasteiger partial charge in [-0.25, -0.2) is 4.98 Å². The molecule has 0 spiro atoms. The number of benzene rings is 2. The van der Waals surface area contributed by atoms with Crippen LogP contribution >= 0.6 is 31.9 Å². The molecule has 0 aliphatic rings. The number of para-hydroxylation sites is 1. The molecule has 0 saturated heterocycles. The predicted octanol–water partition coefficient (Wildman–Crippen LogP) is 5.64. The summed E-state index contributed by atoms with van der Waals surface area (Å²) in [5.41, 5.74) is 2.85. The first-order chi connectivity index (χ1) is 10.1. The number of halogens is 2. The molecule has 0 unspecified atom stereocenters. The second kappa shape index (κ2) is 6.00. The maximum Gasteiger partial charge on any atom is 0.143 e. The first-order valence-corrected chi connectivity index (χ1v) is 7.94. The lowest BCUT2D eigenvalue weighted by Crippen LogP contribution is -1.83. The average molecular weight is 405 g/mol. The lowest BCUT2D eigenvalue weighted by Gasteiger charge is -2.02. The Hall–Kier alpha value is -1.65. The van der Waals surface area contributed by atoms with Crippen LogP contribution in [-0.2, 0) is 0 Å². The van der Waals surface area contributed by atoms with Crippen LogP contribution in [0, 0.1) is 0 Å². The summed E-state index contributed by atoms with van der Waals surface area (Å²) >= 11 is 6.65. The Morgan fingerprint density at radius 1 is 0.905 bits per heavy atom. The SMILES string of the molecule is Oc1c(Br)cc(/C=C/c2ccc3ccccc3n2)cc1Br. The van der Waals surface area contributed by atoms with Gasteiger partial charge in [-0.05, 0) is 67.8 Å². The van der Waals surface area contributed by atoms with Crippen molar-refractivity contribution >= 4 is 54.9 Å². The van der Waals surface area contributed by atoms with Gasteiger partial charge < -0.3 is 5.11 Å². The lowest BCUT2D eigenvalue weighted by molar-refractivity contribution is 0.468. The maximum absolute atomic E-state index is 9.70. The van der Waals surface area contributed by atoms with Crippen molar-refractivity contribution in [2.45, 2.75) is 0 Å². The first-order valence-electron chi connectivity index (χ1n) is 6.35. The molecular formula is C17H11Br2NO. The zero-order valence-corrected chi connectivity index (χ0v) is 14.1. The van der Waals surface area contributed by atoms with Gasteiger partial charge in [-0.2, -0.15) is 0 Å². The zero-order valence-electron chi connectivity index (χ0n) is 10.9. The zero-order chi connectivity index (χ0) is 14.8. The molecule has 104 valence electrons. The van der Waals surface area contributed by atoms with E-state index in [1.807, 2.05) is 54.6 Å². The fraction of sp³-hybridized carbons (Fsp3) is 0. The molecule has 2 nitrogen and oxygen atoms in total. The maximum atomic E-state index is 9.70. The van der Waals surface area contributed by atoms with Crippen LogP contribution in [-0.4, -0.2) is 10.1 Å². The van der Waals surface area contributed by atoms with E-state index >= 15 is 0 Å². The van der Waals surface area contributed by atoms with Gasteiger partial charge in [-0.1, -0.05) is 30.3 Å². The summed E-state index contributed by atoms with van der Waals surface area (Å²) in [7, 11) is 0. The van der Waals surface area contributed by atoms with Crippen molar-refractivity contribution in [2.75, 3.05) is 0 Å². The highest BCUT2D eigenvalue weighted by molar-refractivity contribution is 9.11. The van der Waals surface area contributed by atoms with Crippen LogP contribution in [0.1, 0.15) is 11.3 Å². The minimum atomic E-state index is 0.205. The third-order valence-corrected chi connectivity index (χ3v) is 4.31. The standard InChI is InChI=1S/C17H11Br2NO/c18-14-9-11(10-15(19)17(14)21)5-7-13-8-6-12-3-1-2-4-16(12)20-13/h1-10,21H/b7-5+. The number of hydrogen-bond acceptors (Lipinski definition) is 2. The second-order valence-electron chi connectivity index (χ2n) is 4.60. The molecule has 0 fully saturated rings. The molecule has 21 heavy (non-hydrogen) atoms. The molecule has 0 aliphatic carbocycles. The van der Waals surface area contributed by atoms with E-state index in [0.717, 1.165) is 22.2 Å². The Balaban J connectivity index is 1.94. The quantitative estimate of drug-likeness (QED) is 0.599. The van der Waals surface area contributed by atoms with Crippen LogP contribution < -0.4 is 0 Å². The number of rotatable bonds is 2. The molecule has 3 rings (SSSR count). The predicted molar refractivity (Wildman–Crippen MR) is 94.2 cm³/mol. The Morgan fingerprint density at radius 2 is 1.62 bits per heavy atom. The van der Waals surface area contributed by atoms with Crippen molar-refractivity contribution < 1.29 is 5.11 Å². The molecule has 0 saturated carbocycles. The van der Waals surface area contributed by atoms with Crippen molar-refractivity contribution in [3.05, 3.63) is 68.7 Å². The summed E-state index contributed by atoms with van der Waals surface area (Å²) in [5.74, 6) is 0.205. The third kappa shape index (κ3) is 3.17. The van der Waals surface area contributed by atoms with Crippen molar-refractivity contribution in [1.82, 2.24) is 4.98 Å². The average Bonchev–Trinajstić information content (AvgIpc) is 2.50. The molecule has 0 radical (unpaired) electrons. The van der Waals surface area contributed by atoms with E-state index in [0.29, 0.717) is 8.95 Å². The van der Waals surface area contributed by atoms with Gasteiger partial charge in [0.05, 0.1) is 20.2 Å². The Kier molecular flexibility index (Phi) is 4.08. The number of phenols is 1. The molecule has 3 aromatic rings. The fourth-order valence-corrected chi connectivity index (χ4v) is 3.26. The number of aromatic nitrogens is 1. The Morgan fingerprint density at radius 3 is 2.38 bits per heavy atom. The number of phenolic OH excluding ortho intramolecular Hbond substituents is 1. The van der Waals surface area contributed by atoms with Crippen LogP contribution in [0.4, 0.5) is 0 Å². The lowest BCUT2D eigenvalue weighted by atomic mass is 10.1. The molecule has 1 N–H and O–H groups in total. The van der Waals surface area contributed by atoms with Crippen molar-refractivity contribution in [1.29, 1.82) is 0 Å². The van der Waals surface area contributed by atoms with Crippen molar-refractivity contribution in [2.24, 2.45) is 0 Å². The third-order valence-electron chi connectivity index (χ3n) is 3.11. The van der Waals surface area contributed by atoms with Gasteiger partial charge in [-0.15, -0.1) is 0 Å². The van der Waals surface area contributed by atoms with Gasteiger partial charge in [0.25, 0.3) is 0 Å². The van der Waals surface area contributed by atoms with Gasteiger partial charge in [0.15, 0.2) is 0 Å². The van der Waals surface area contributed by atoms with Gasteiger partial charge in [0.2, 0.25) is 0 Å². The number of nitrogens with zero attached hydrogens (tertiary/aromatic N) is 1. The summed E-state index contributed by atoms with van der Waals surface area (Å²) in [4.78, 5) is 4.59. The monoisotopic (exact) mass is 403 g/mol. The van der Waals surface area contributed by atoms with Crippen molar-refractivity contribution in [3.8, 4) is 5.75 Å². The van der Waals surface area contributed by atoms with Crippen LogP contribution in [0.2, 0.25) is 0 Å². The molecule has 0 aliphatic heterocycles. The van der Waals surface area contributed by atoms with E-state index in [1.54, 1.807) is 0 Å². The van der Waals surface area contributed by atoms with Crippen LogP contribution in [0.5, 0.6) is 5.75 Å². The van der Waals surface area contributed by atoms with E-state index in [2.05, 4.69) is 42.9 Å². The number of pyridine rings is 1. The highest BCUT2D eigenvalue weighted by atomic mass is 79.9. The highest BCUT2D eigenvalue weighted by Crippen LogP contribution is 2.33. The topological polar surface area (TPSA) is 33.1 Å². The molecule has 0 bridgehead atoms. The molecule has 1 aromatic heterocycles. The number of hydrogen-bond donors (Lipinski definition) is 1.